The minimum Gasteiger partial charge on any atom is -0.339 e. The predicted molar refractivity (Wildman–Crippen MR) is 63.2 cm³/mol. The molecule has 1 aromatic heterocycles. The summed E-state index contributed by atoms with van der Waals surface area (Å²) in [4.78, 5) is 15.6. The Morgan fingerprint density at radius 1 is 1.33 bits per heavy atom. The Kier molecular flexibility index (Phi) is 3.50. The van der Waals surface area contributed by atoms with E-state index >= 15 is 0 Å². The maximum Gasteiger partial charge on any atom is 0.234 e. The molecule has 0 N–H and O–H groups in total. The van der Waals surface area contributed by atoms with Crippen LogP contribution in [0.25, 0.3) is 11.4 Å². The molecule has 0 saturated heterocycles. The second-order valence-electron chi connectivity index (χ2n) is 4.32. The van der Waals surface area contributed by atoms with E-state index in [2.05, 4.69) is 10.1 Å². The quantitative estimate of drug-likeness (QED) is 0.834. The summed E-state index contributed by atoms with van der Waals surface area (Å²) in [5, 5.41) is 3.77. The van der Waals surface area contributed by atoms with Crippen molar-refractivity contribution in [2.24, 2.45) is 5.92 Å². The molecule has 0 spiro atoms. The highest BCUT2D eigenvalue weighted by Crippen LogP contribution is 2.16. The van der Waals surface area contributed by atoms with Crippen LogP contribution < -0.4 is 0 Å². The lowest BCUT2D eigenvalue weighted by Gasteiger charge is -1.98. The van der Waals surface area contributed by atoms with E-state index in [4.69, 9.17) is 4.52 Å². The van der Waals surface area contributed by atoms with Gasteiger partial charge in [-0.2, -0.15) is 4.98 Å². The number of hydrogen-bond donors (Lipinski definition) is 0. The fraction of sp³-hybridized carbons (Fsp3) is 0.308. The maximum atomic E-state index is 12.8. The number of halogens is 1. The molecule has 0 unspecified atom stereocenters. The lowest BCUT2D eigenvalue weighted by molar-refractivity contribution is -0.121. The lowest BCUT2D eigenvalue weighted by atomic mass is 10.1. The minimum absolute atomic E-state index is 0.0457. The van der Waals surface area contributed by atoms with Gasteiger partial charge in [0, 0.05) is 11.5 Å². The molecule has 2 rings (SSSR count). The first-order valence-electron chi connectivity index (χ1n) is 5.67. The van der Waals surface area contributed by atoms with Crippen molar-refractivity contribution in [1.82, 2.24) is 10.1 Å². The van der Waals surface area contributed by atoms with E-state index in [9.17, 15) is 9.18 Å². The number of aromatic nitrogens is 2. The van der Waals surface area contributed by atoms with Gasteiger partial charge in [-0.3, -0.25) is 4.79 Å². The molecule has 2 aromatic rings. The van der Waals surface area contributed by atoms with Crippen molar-refractivity contribution >= 4 is 5.78 Å². The van der Waals surface area contributed by atoms with E-state index in [0.717, 1.165) is 0 Å². The van der Waals surface area contributed by atoms with Crippen molar-refractivity contribution in [1.29, 1.82) is 0 Å². The highest BCUT2D eigenvalue weighted by molar-refractivity contribution is 5.81. The van der Waals surface area contributed by atoms with E-state index in [0.29, 0.717) is 11.4 Å². The van der Waals surface area contributed by atoms with Crippen LogP contribution in [-0.2, 0) is 11.2 Å². The number of carbonyl (C=O) groups excluding carboxylic acids is 1. The van der Waals surface area contributed by atoms with E-state index in [1.807, 2.05) is 13.8 Å². The summed E-state index contributed by atoms with van der Waals surface area (Å²) in [6.45, 7) is 3.64. The van der Waals surface area contributed by atoms with Crippen LogP contribution >= 0.6 is 0 Å². The summed E-state index contributed by atoms with van der Waals surface area (Å²) >= 11 is 0. The summed E-state index contributed by atoms with van der Waals surface area (Å²) < 4.78 is 17.8. The van der Waals surface area contributed by atoms with Crippen LogP contribution in [0.2, 0.25) is 0 Å². The SMILES string of the molecule is CC(C)C(=O)Cc1nc(-c2ccc(F)cc2)no1. The molecule has 1 heterocycles. The molecule has 18 heavy (non-hydrogen) atoms. The van der Waals surface area contributed by atoms with Gasteiger partial charge < -0.3 is 4.52 Å². The van der Waals surface area contributed by atoms with Gasteiger partial charge in [0.15, 0.2) is 0 Å². The molecule has 4 nitrogen and oxygen atoms in total. The molecule has 5 heteroatoms. The van der Waals surface area contributed by atoms with Crippen molar-refractivity contribution in [3.05, 3.63) is 36.0 Å². The van der Waals surface area contributed by atoms with Gasteiger partial charge in [-0.15, -0.1) is 0 Å². The highest BCUT2D eigenvalue weighted by Gasteiger charge is 2.14. The van der Waals surface area contributed by atoms with Crippen molar-refractivity contribution < 1.29 is 13.7 Å². The largest absolute Gasteiger partial charge is 0.339 e. The number of Topliss-reactive ketones (excluding diaryl/α,β-unsaturated/α-hetero) is 1. The van der Waals surface area contributed by atoms with Gasteiger partial charge in [0.1, 0.15) is 11.6 Å². The Morgan fingerprint density at radius 3 is 2.61 bits per heavy atom. The topological polar surface area (TPSA) is 56.0 Å². The van der Waals surface area contributed by atoms with E-state index in [-0.39, 0.29) is 29.8 Å². The smallest absolute Gasteiger partial charge is 0.234 e. The van der Waals surface area contributed by atoms with Crippen LogP contribution in [0.1, 0.15) is 19.7 Å². The monoisotopic (exact) mass is 248 g/mol. The van der Waals surface area contributed by atoms with Gasteiger partial charge in [-0.05, 0) is 24.3 Å². The molecule has 0 aliphatic carbocycles. The van der Waals surface area contributed by atoms with Gasteiger partial charge in [-0.25, -0.2) is 4.39 Å². The molecule has 0 radical (unpaired) electrons. The van der Waals surface area contributed by atoms with Gasteiger partial charge in [0.05, 0.1) is 6.42 Å². The molecule has 1 aromatic carbocycles. The van der Waals surface area contributed by atoms with Crippen LogP contribution in [0.15, 0.2) is 28.8 Å². The Balaban J connectivity index is 2.15. The molecule has 0 aliphatic rings. The van der Waals surface area contributed by atoms with E-state index in [1.165, 1.54) is 12.1 Å². The van der Waals surface area contributed by atoms with Crippen LogP contribution in [0.4, 0.5) is 4.39 Å². The molecular formula is C13H13FN2O2. The first-order valence-corrected chi connectivity index (χ1v) is 5.67. The highest BCUT2D eigenvalue weighted by atomic mass is 19.1. The van der Waals surface area contributed by atoms with E-state index in [1.54, 1.807) is 12.1 Å². The van der Waals surface area contributed by atoms with Crippen molar-refractivity contribution in [2.75, 3.05) is 0 Å². The third-order valence-electron chi connectivity index (χ3n) is 2.54. The first-order chi connectivity index (χ1) is 8.56. The zero-order valence-electron chi connectivity index (χ0n) is 10.2. The summed E-state index contributed by atoms with van der Waals surface area (Å²) in [5.41, 5.74) is 0.656. The molecular weight excluding hydrogens is 235 g/mol. The van der Waals surface area contributed by atoms with Crippen LogP contribution in [-0.4, -0.2) is 15.9 Å². The van der Waals surface area contributed by atoms with Crippen molar-refractivity contribution in [3.8, 4) is 11.4 Å². The molecule has 0 atom stereocenters. The zero-order valence-corrected chi connectivity index (χ0v) is 10.2. The average Bonchev–Trinajstić information content (AvgIpc) is 2.78. The second kappa shape index (κ2) is 5.08. The average molecular weight is 248 g/mol. The van der Waals surface area contributed by atoms with E-state index < -0.39 is 0 Å². The first kappa shape index (κ1) is 12.4. The van der Waals surface area contributed by atoms with Crippen molar-refractivity contribution in [2.45, 2.75) is 20.3 Å². The normalized spacial score (nSPS) is 10.9. The van der Waals surface area contributed by atoms with Crippen molar-refractivity contribution in [3.63, 3.8) is 0 Å². The minimum atomic E-state index is -0.322. The van der Waals surface area contributed by atoms with Crippen LogP contribution in [0.3, 0.4) is 0 Å². The number of benzene rings is 1. The molecule has 0 aliphatic heterocycles. The Labute approximate surface area is 104 Å². The van der Waals surface area contributed by atoms with Gasteiger partial charge in [-0.1, -0.05) is 19.0 Å². The molecule has 0 saturated carbocycles. The predicted octanol–water partition coefficient (Wildman–Crippen LogP) is 2.64. The Hall–Kier alpha value is -2.04. The third kappa shape index (κ3) is 2.80. The number of rotatable bonds is 4. The summed E-state index contributed by atoms with van der Waals surface area (Å²) in [6.07, 6.45) is 0.131. The zero-order chi connectivity index (χ0) is 13.1. The van der Waals surface area contributed by atoms with Gasteiger partial charge in [0.2, 0.25) is 11.7 Å². The molecule has 0 bridgehead atoms. The molecule has 0 fully saturated rings. The number of nitrogens with zero attached hydrogens (tertiary/aromatic N) is 2. The lowest BCUT2D eigenvalue weighted by Crippen LogP contribution is -2.10. The summed E-state index contributed by atoms with van der Waals surface area (Å²) in [5.74, 6) is 0.308. The third-order valence-corrected chi connectivity index (χ3v) is 2.54. The molecule has 0 amide bonds. The number of hydrogen-bond acceptors (Lipinski definition) is 4. The van der Waals surface area contributed by atoms with Crippen LogP contribution in [0, 0.1) is 11.7 Å². The standard InChI is InChI=1S/C13H13FN2O2/c1-8(2)11(17)7-12-15-13(16-18-12)9-3-5-10(14)6-4-9/h3-6,8H,7H2,1-2H3. The summed E-state index contributed by atoms with van der Waals surface area (Å²) in [6, 6.07) is 5.78. The Bertz CT molecular complexity index is 546. The van der Waals surface area contributed by atoms with Gasteiger partial charge in [0.25, 0.3) is 0 Å². The summed E-state index contributed by atoms with van der Waals surface area (Å²) in [7, 11) is 0. The fourth-order valence-corrected chi connectivity index (χ4v) is 1.40. The van der Waals surface area contributed by atoms with Crippen LogP contribution in [0.5, 0.6) is 0 Å². The Morgan fingerprint density at radius 2 is 2.00 bits per heavy atom. The van der Waals surface area contributed by atoms with Gasteiger partial charge >= 0.3 is 0 Å². The second-order valence-corrected chi connectivity index (χ2v) is 4.32. The fourth-order valence-electron chi connectivity index (χ4n) is 1.40. The number of ketones is 1. The number of carbonyl (C=O) groups is 1. The molecule has 94 valence electrons. The maximum absolute atomic E-state index is 12.8.